The number of benzene rings is 2. The summed E-state index contributed by atoms with van der Waals surface area (Å²) in [7, 11) is -2.25. The van der Waals surface area contributed by atoms with Crippen LogP contribution < -0.4 is 9.47 Å². The quantitative estimate of drug-likeness (QED) is 0.778. The number of hydrogen-bond donors (Lipinski definition) is 0. The van der Waals surface area contributed by atoms with E-state index in [-0.39, 0.29) is 11.5 Å². The van der Waals surface area contributed by atoms with Crippen LogP contribution in [-0.2, 0) is 14.3 Å². The first-order valence-corrected chi connectivity index (χ1v) is 8.88. The number of methoxy groups -OCH3 is 1. The van der Waals surface area contributed by atoms with Crippen LogP contribution >= 0.6 is 0 Å². The molecule has 0 spiro atoms. The molecule has 3 rings (SSSR count). The molecule has 6 heteroatoms. The zero-order chi connectivity index (χ0) is 17.2. The fraction of sp³-hybridized carbons (Fsp3) is 0.222. The Bertz CT molecular complexity index is 853. The number of para-hydroxylation sites is 1. The molecular formula is C18H18O5S. The van der Waals surface area contributed by atoms with Gasteiger partial charge in [-0.1, -0.05) is 35.9 Å². The van der Waals surface area contributed by atoms with E-state index in [1.165, 1.54) is 12.1 Å². The number of hydrogen-bond acceptors (Lipinski definition) is 5. The van der Waals surface area contributed by atoms with Crippen molar-refractivity contribution in [1.29, 1.82) is 0 Å². The molecule has 0 bridgehead atoms. The van der Waals surface area contributed by atoms with Gasteiger partial charge in [0.25, 0.3) is 10.1 Å². The summed E-state index contributed by atoms with van der Waals surface area (Å²) in [5.41, 5.74) is 1.86. The van der Waals surface area contributed by atoms with Crippen LogP contribution in [0.4, 0.5) is 0 Å². The van der Waals surface area contributed by atoms with Crippen molar-refractivity contribution in [2.75, 3.05) is 13.7 Å². The topological polar surface area (TPSA) is 61.8 Å². The lowest BCUT2D eigenvalue weighted by molar-refractivity contribution is 0.161. The summed E-state index contributed by atoms with van der Waals surface area (Å²) in [6, 6.07) is 12.1. The van der Waals surface area contributed by atoms with Crippen LogP contribution in [0.1, 0.15) is 11.1 Å². The van der Waals surface area contributed by atoms with Crippen molar-refractivity contribution in [2.24, 2.45) is 0 Å². The van der Waals surface area contributed by atoms with Crippen LogP contribution in [0.3, 0.4) is 0 Å². The van der Waals surface area contributed by atoms with Crippen LogP contribution in [0.15, 0.2) is 53.4 Å². The van der Waals surface area contributed by atoms with Crippen molar-refractivity contribution in [3.63, 3.8) is 0 Å². The highest BCUT2D eigenvalue weighted by Crippen LogP contribution is 2.35. The fourth-order valence-corrected chi connectivity index (χ4v) is 3.29. The molecule has 2 aromatic carbocycles. The normalized spacial score (nSPS) is 16.3. The van der Waals surface area contributed by atoms with Gasteiger partial charge in [0.1, 0.15) is 12.7 Å². The minimum absolute atomic E-state index is 0.107. The molecule has 5 nitrogen and oxygen atoms in total. The summed E-state index contributed by atoms with van der Waals surface area (Å²) in [5, 5.41) is 0. The van der Waals surface area contributed by atoms with E-state index in [1.54, 1.807) is 31.4 Å². The van der Waals surface area contributed by atoms with Gasteiger partial charge >= 0.3 is 0 Å². The smallest absolute Gasteiger partial charge is 0.297 e. The second-order valence-corrected chi connectivity index (χ2v) is 7.06. The lowest BCUT2D eigenvalue weighted by Crippen LogP contribution is -2.25. The van der Waals surface area contributed by atoms with Crippen molar-refractivity contribution in [3.05, 3.63) is 59.7 Å². The number of fused-ring (bicyclic) bond motifs is 1. The molecule has 1 aliphatic rings. The van der Waals surface area contributed by atoms with Gasteiger partial charge in [-0.25, -0.2) is 0 Å². The molecule has 0 saturated heterocycles. The Labute approximate surface area is 141 Å². The third kappa shape index (κ3) is 3.44. The third-order valence-corrected chi connectivity index (χ3v) is 4.98. The van der Waals surface area contributed by atoms with Crippen LogP contribution in [0.25, 0.3) is 6.08 Å². The maximum Gasteiger partial charge on any atom is 0.297 e. The molecule has 0 fully saturated rings. The monoisotopic (exact) mass is 346 g/mol. The molecule has 0 aromatic heterocycles. The van der Waals surface area contributed by atoms with E-state index >= 15 is 0 Å². The third-order valence-electron chi connectivity index (χ3n) is 3.69. The summed E-state index contributed by atoms with van der Waals surface area (Å²) < 4.78 is 40.7. The number of rotatable bonds is 5. The molecule has 0 N–H and O–H groups in total. The van der Waals surface area contributed by atoms with Crippen molar-refractivity contribution in [3.8, 4) is 11.5 Å². The van der Waals surface area contributed by atoms with E-state index in [2.05, 4.69) is 0 Å². The van der Waals surface area contributed by atoms with E-state index in [9.17, 15) is 8.42 Å². The van der Waals surface area contributed by atoms with Gasteiger partial charge in [0.15, 0.2) is 11.5 Å². The lowest BCUT2D eigenvalue weighted by Gasteiger charge is -2.22. The first-order chi connectivity index (χ1) is 11.5. The average molecular weight is 346 g/mol. The molecule has 0 radical (unpaired) electrons. The van der Waals surface area contributed by atoms with Crippen LogP contribution in [0, 0.1) is 6.92 Å². The summed E-state index contributed by atoms with van der Waals surface area (Å²) in [5.74, 6) is 1.19. The fourth-order valence-electron chi connectivity index (χ4n) is 2.37. The Morgan fingerprint density at radius 1 is 1.12 bits per heavy atom. The minimum atomic E-state index is -3.81. The Kier molecular flexibility index (Phi) is 4.59. The van der Waals surface area contributed by atoms with E-state index in [4.69, 9.17) is 13.7 Å². The van der Waals surface area contributed by atoms with Gasteiger partial charge in [-0.15, -0.1) is 0 Å². The number of ether oxygens (including phenoxy) is 2. The molecule has 1 unspecified atom stereocenters. The predicted octanol–water partition coefficient (Wildman–Crippen LogP) is 3.18. The zero-order valence-corrected chi connectivity index (χ0v) is 14.2. The van der Waals surface area contributed by atoms with Gasteiger partial charge in [-0.2, -0.15) is 8.42 Å². The van der Waals surface area contributed by atoms with Gasteiger partial charge in [0, 0.05) is 5.56 Å². The van der Waals surface area contributed by atoms with Crippen LogP contribution in [0.5, 0.6) is 11.5 Å². The Morgan fingerprint density at radius 3 is 2.58 bits per heavy atom. The highest BCUT2D eigenvalue weighted by atomic mass is 32.2. The van der Waals surface area contributed by atoms with E-state index in [0.717, 1.165) is 11.1 Å². The molecule has 1 atom stereocenters. The largest absolute Gasteiger partial charge is 0.493 e. The van der Waals surface area contributed by atoms with Crippen molar-refractivity contribution < 1.29 is 22.1 Å². The molecular weight excluding hydrogens is 328 g/mol. The second kappa shape index (κ2) is 6.67. The molecule has 0 amide bonds. The second-order valence-electron chi connectivity index (χ2n) is 5.45. The Morgan fingerprint density at radius 2 is 1.88 bits per heavy atom. The van der Waals surface area contributed by atoms with Crippen LogP contribution in [0.2, 0.25) is 0 Å². The molecule has 0 aliphatic carbocycles. The van der Waals surface area contributed by atoms with Gasteiger partial charge in [-0.05, 0) is 31.2 Å². The average Bonchev–Trinajstić information content (AvgIpc) is 2.59. The standard InChI is InChI=1S/C18H18O5S/c1-13-6-10-16(11-7-13)24(19,20)22-12-15-9-8-14-4-3-5-17(21-2)18(14)23-15/h3-11,15H,12H2,1-2H3. The first-order valence-electron chi connectivity index (χ1n) is 7.47. The molecule has 126 valence electrons. The van der Waals surface area contributed by atoms with Crippen molar-refractivity contribution in [2.45, 2.75) is 17.9 Å². The van der Waals surface area contributed by atoms with Gasteiger partial charge in [0.2, 0.25) is 0 Å². The van der Waals surface area contributed by atoms with Gasteiger partial charge in [-0.3, -0.25) is 4.18 Å². The van der Waals surface area contributed by atoms with E-state index in [1.807, 2.05) is 25.1 Å². The first kappa shape index (κ1) is 16.5. The van der Waals surface area contributed by atoms with Crippen molar-refractivity contribution >= 4 is 16.2 Å². The van der Waals surface area contributed by atoms with E-state index < -0.39 is 16.2 Å². The lowest BCUT2D eigenvalue weighted by atomic mass is 10.1. The molecule has 24 heavy (non-hydrogen) atoms. The number of aryl methyl sites for hydroxylation is 1. The highest BCUT2D eigenvalue weighted by Gasteiger charge is 2.22. The van der Waals surface area contributed by atoms with Crippen LogP contribution in [-0.4, -0.2) is 28.2 Å². The Hall–Kier alpha value is -2.31. The maximum atomic E-state index is 12.2. The summed E-state index contributed by atoms with van der Waals surface area (Å²) in [4.78, 5) is 0.130. The van der Waals surface area contributed by atoms with E-state index in [0.29, 0.717) is 11.5 Å². The molecule has 2 aromatic rings. The summed E-state index contributed by atoms with van der Waals surface area (Å²) in [6.07, 6.45) is 3.13. The van der Waals surface area contributed by atoms with Crippen molar-refractivity contribution in [1.82, 2.24) is 0 Å². The highest BCUT2D eigenvalue weighted by molar-refractivity contribution is 7.86. The SMILES string of the molecule is COc1cccc2c1OC(COS(=O)(=O)c1ccc(C)cc1)C=C2. The minimum Gasteiger partial charge on any atom is -0.493 e. The zero-order valence-electron chi connectivity index (χ0n) is 13.4. The summed E-state index contributed by atoms with van der Waals surface area (Å²) >= 11 is 0. The predicted molar refractivity (Wildman–Crippen MR) is 90.8 cm³/mol. The molecule has 1 heterocycles. The van der Waals surface area contributed by atoms with Gasteiger partial charge < -0.3 is 9.47 Å². The summed E-state index contributed by atoms with van der Waals surface area (Å²) in [6.45, 7) is 1.78. The molecule has 1 aliphatic heterocycles. The molecule has 0 saturated carbocycles. The Balaban J connectivity index is 1.71. The van der Waals surface area contributed by atoms with Gasteiger partial charge in [0.05, 0.1) is 12.0 Å². The maximum absolute atomic E-state index is 12.2.